The van der Waals surface area contributed by atoms with Crippen molar-refractivity contribution in [2.24, 2.45) is 0 Å². The smallest absolute Gasteiger partial charge is 0.265 e. The molecule has 2 aromatic rings. The fourth-order valence-corrected chi connectivity index (χ4v) is 4.26. The molecule has 0 bridgehead atoms. The number of amides is 1. The zero-order chi connectivity index (χ0) is 15.4. The largest absolute Gasteiger partial charge is 0.382 e. The van der Waals surface area contributed by atoms with E-state index in [-0.39, 0.29) is 5.91 Å². The Labute approximate surface area is 140 Å². The van der Waals surface area contributed by atoms with Crippen LogP contribution in [0.4, 0.5) is 10.9 Å². The first-order valence-electron chi connectivity index (χ1n) is 6.58. The highest BCUT2D eigenvalue weighted by atomic mass is 79.9. The lowest BCUT2D eigenvalue weighted by Gasteiger charge is -2.16. The van der Waals surface area contributed by atoms with Crippen molar-refractivity contribution in [3.8, 4) is 0 Å². The lowest BCUT2D eigenvalue weighted by Crippen LogP contribution is -2.22. The number of carbonyl (C=O) groups excluding carboxylic acids is 1. The summed E-state index contributed by atoms with van der Waals surface area (Å²) in [5.74, 6) is 0.125. The van der Waals surface area contributed by atoms with Gasteiger partial charge < -0.3 is 16.0 Å². The average molecular weight is 389 g/mol. The molecule has 0 aliphatic rings. The molecule has 3 N–H and O–H groups in total. The molecule has 0 fully saturated rings. The Kier molecular flexibility index (Phi) is 5.60. The number of rotatable bonds is 6. The van der Waals surface area contributed by atoms with Crippen molar-refractivity contribution in [3.05, 3.63) is 25.7 Å². The fraction of sp³-hybridized carbons (Fsp3) is 0.385. The van der Waals surface area contributed by atoms with Gasteiger partial charge in [-0.05, 0) is 41.9 Å². The van der Waals surface area contributed by atoms with Crippen LogP contribution in [0.1, 0.15) is 28.4 Å². The zero-order valence-electron chi connectivity index (χ0n) is 11.9. The summed E-state index contributed by atoms with van der Waals surface area (Å²) in [6.45, 7) is 6.28. The summed E-state index contributed by atoms with van der Waals surface area (Å²) in [4.78, 5) is 20.1. The van der Waals surface area contributed by atoms with Crippen molar-refractivity contribution in [3.63, 3.8) is 0 Å². The van der Waals surface area contributed by atoms with E-state index in [9.17, 15) is 4.79 Å². The van der Waals surface area contributed by atoms with Crippen LogP contribution in [0.15, 0.2) is 15.9 Å². The van der Waals surface area contributed by atoms with Crippen molar-refractivity contribution in [2.75, 3.05) is 23.7 Å². The van der Waals surface area contributed by atoms with Gasteiger partial charge in [0, 0.05) is 18.0 Å². The number of nitrogens with two attached hydrogens (primary N) is 1. The van der Waals surface area contributed by atoms with Gasteiger partial charge in [-0.2, -0.15) is 0 Å². The van der Waals surface area contributed by atoms with Gasteiger partial charge in [-0.3, -0.25) is 4.79 Å². The van der Waals surface area contributed by atoms with Crippen molar-refractivity contribution in [1.29, 1.82) is 0 Å². The Hall–Kier alpha value is -1.12. The minimum Gasteiger partial charge on any atom is -0.382 e. The van der Waals surface area contributed by atoms with E-state index >= 15 is 0 Å². The van der Waals surface area contributed by atoms with Crippen LogP contribution in [0.5, 0.6) is 0 Å². The molecule has 5 nitrogen and oxygen atoms in total. The molecule has 2 heterocycles. The number of nitrogens with one attached hydrogen (secondary N) is 1. The van der Waals surface area contributed by atoms with Crippen LogP contribution in [0.2, 0.25) is 0 Å². The molecule has 2 aromatic heterocycles. The number of halogens is 1. The molecule has 1 amide bonds. The lowest BCUT2D eigenvalue weighted by molar-refractivity contribution is 0.0956. The maximum atomic E-state index is 12.2. The molecule has 0 spiro atoms. The molecular formula is C13H17BrN4OS2. The van der Waals surface area contributed by atoms with Gasteiger partial charge >= 0.3 is 0 Å². The minimum absolute atomic E-state index is 0.173. The molecule has 0 saturated heterocycles. The summed E-state index contributed by atoms with van der Waals surface area (Å²) in [7, 11) is 0. The van der Waals surface area contributed by atoms with Crippen LogP contribution < -0.4 is 16.0 Å². The quantitative estimate of drug-likeness (QED) is 0.795. The van der Waals surface area contributed by atoms with E-state index in [1.54, 1.807) is 11.3 Å². The highest BCUT2D eigenvalue weighted by molar-refractivity contribution is 9.11. The second-order valence-electron chi connectivity index (χ2n) is 4.27. The lowest BCUT2D eigenvalue weighted by atomic mass is 10.4. The molecule has 0 aromatic carbocycles. The van der Waals surface area contributed by atoms with Gasteiger partial charge in [-0.25, -0.2) is 4.98 Å². The second-order valence-corrected chi connectivity index (χ2v) is 7.80. The Bertz CT molecular complexity index is 621. The van der Waals surface area contributed by atoms with Gasteiger partial charge in [-0.1, -0.05) is 11.3 Å². The Morgan fingerprint density at radius 3 is 2.67 bits per heavy atom. The number of hydrogen-bond acceptors (Lipinski definition) is 6. The molecule has 8 heteroatoms. The number of nitrogen functional groups attached to an aromatic ring is 1. The van der Waals surface area contributed by atoms with Gasteiger partial charge in [0.05, 0.1) is 10.3 Å². The second kappa shape index (κ2) is 7.24. The van der Waals surface area contributed by atoms with Crippen molar-refractivity contribution < 1.29 is 4.79 Å². The Balaban J connectivity index is 2.05. The van der Waals surface area contributed by atoms with E-state index in [1.165, 1.54) is 11.3 Å². The molecular weight excluding hydrogens is 372 g/mol. The maximum Gasteiger partial charge on any atom is 0.265 e. The summed E-state index contributed by atoms with van der Waals surface area (Å²) in [6, 6.07) is 3.94. The summed E-state index contributed by atoms with van der Waals surface area (Å²) < 4.78 is 1.05. The number of thiazole rings is 1. The third kappa shape index (κ3) is 3.96. The van der Waals surface area contributed by atoms with E-state index in [0.29, 0.717) is 17.2 Å². The van der Waals surface area contributed by atoms with Crippen LogP contribution in [0, 0.1) is 0 Å². The third-order valence-corrected chi connectivity index (χ3v) is 5.69. The van der Waals surface area contributed by atoms with Gasteiger partial charge in [0.2, 0.25) is 0 Å². The van der Waals surface area contributed by atoms with Crippen LogP contribution in [0.25, 0.3) is 0 Å². The maximum absolute atomic E-state index is 12.2. The number of hydrogen-bond donors (Lipinski definition) is 2. The van der Waals surface area contributed by atoms with Gasteiger partial charge in [0.25, 0.3) is 5.91 Å². The number of carbonyl (C=O) groups is 1. The average Bonchev–Trinajstić information content (AvgIpc) is 3.04. The normalized spacial score (nSPS) is 10.6. The zero-order valence-corrected chi connectivity index (χ0v) is 15.1. The third-order valence-electron chi connectivity index (χ3n) is 2.93. The molecule has 0 aliphatic heterocycles. The van der Waals surface area contributed by atoms with E-state index in [2.05, 4.69) is 45.0 Å². The van der Waals surface area contributed by atoms with E-state index < -0.39 is 0 Å². The highest BCUT2D eigenvalue weighted by Gasteiger charge is 2.18. The number of anilines is 2. The van der Waals surface area contributed by atoms with Gasteiger partial charge in [0.15, 0.2) is 5.13 Å². The molecule has 0 atom stereocenters. The Morgan fingerprint density at radius 2 is 2.10 bits per heavy atom. The number of thiophene rings is 1. The van der Waals surface area contributed by atoms with Crippen LogP contribution >= 0.6 is 38.6 Å². The topological polar surface area (TPSA) is 71.2 Å². The molecule has 0 unspecified atom stereocenters. The SMILES string of the molecule is CCN(CC)c1nc(N)c(C(=O)NCc2ccc(Br)s2)s1. The van der Waals surface area contributed by atoms with Crippen molar-refractivity contribution in [2.45, 2.75) is 20.4 Å². The van der Waals surface area contributed by atoms with Gasteiger partial charge in [0.1, 0.15) is 10.7 Å². The molecule has 21 heavy (non-hydrogen) atoms. The molecule has 0 saturated carbocycles. The summed E-state index contributed by atoms with van der Waals surface area (Å²) in [5, 5.41) is 3.67. The predicted octanol–water partition coefficient (Wildman–Crippen LogP) is 3.33. The van der Waals surface area contributed by atoms with Gasteiger partial charge in [-0.15, -0.1) is 11.3 Å². The number of aromatic nitrogens is 1. The van der Waals surface area contributed by atoms with E-state index in [1.807, 2.05) is 12.1 Å². The predicted molar refractivity (Wildman–Crippen MR) is 93.3 cm³/mol. The first-order chi connectivity index (χ1) is 10.0. The first kappa shape index (κ1) is 16.3. The Morgan fingerprint density at radius 1 is 1.38 bits per heavy atom. The highest BCUT2D eigenvalue weighted by Crippen LogP contribution is 2.28. The fourth-order valence-electron chi connectivity index (χ4n) is 1.81. The standard InChI is InChI=1S/C13H17BrN4OS2/c1-3-18(4-2)13-17-11(15)10(21-13)12(19)16-7-8-5-6-9(14)20-8/h5-6H,3-4,7,15H2,1-2H3,(H,16,19). The molecule has 0 aliphatic carbocycles. The van der Waals surface area contributed by atoms with E-state index in [4.69, 9.17) is 5.73 Å². The molecule has 2 rings (SSSR count). The van der Waals surface area contributed by atoms with Crippen LogP contribution in [-0.2, 0) is 6.54 Å². The van der Waals surface area contributed by atoms with Crippen molar-refractivity contribution >= 4 is 55.5 Å². The summed E-state index contributed by atoms with van der Waals surface area (Å²) in [5.41, 5.74) is 5.87. The van der Waals surface area contributed by atoms with Crippen molar-refractivity contribution in [1.82, 2.24) is 10.3 Å². The minimum atomic E-state index is -0.173. The van der Waals surface area contributed by atoms with E-state index in [0.717, 1.165) is 26.9 Å². The molecule has 114 valence electrons. The number of nitrogens with zero attached hydrogens (tertiary/aromatic N) is 2. The summed E-state index contributed by atoms with van der Waals surface area (Å²) >= 11 is 6.34. The monoisotopic (exact) mass is 388 g/mol. The summed E-state index contributed by atoms with van der Waals surface area (Å²) in [6.07, 6.45) is 0. The van der Waals surface area contributed by atoms with Crippen LogP contribution in [0.3, 0.4) is 0 Å². The first-order valence-corrected chi connectivity index (χ1v) is 9.01. The van der Waals surface area contributed by atoms with Crippen LogP contribution in [-0.4, -0.2) is 24.0 Å². The molecule has 0 radical (unpaired) electrons.